The van der Waals surface area contributed by atoms with Crippen molar-refractivity contribution in [3.05, 3.63) is 66.6 Å². The largest absolute Gasteiger partial charge is 0.450 e. The summed E-state index contributed by atoms with van der Waals surface area (Å²) in [5.41, 5.74) is 3.12. The van der Waals surface area contributed by atoms with E-state index in [1.54, 1.807) is 39.9 Å². The lowest BCUT2D eigenvalue weighted by atomic mass is 10.1. The maximum atomic E-state index is 12.8. The van der Waals surface area contributed by atoms with E-state index in [0.29, 0.717) is 38.3 Å². The van der Waals surface area contributed by atoms with Crippen LogP contribution < -0.4 is 0 Å². The van der Waals surface area contributed by atoms with Crippen LogP contribution in [0.25, 0.3) is 16.9 Å². The molecule has 0 aliphatic carbocycles. The van der Waals surface area contributed by atoms with E-state index in [0.717, 1.165) is 16.9 Å². The molecule has 0 saturated carbocycles. The minimum Gasteiger partial charge on any atom is -0.450 e. The van der Waals surface area contributed by atoms with Crippen molar-refractivity contribution in [1.82, 2.24) is 24.6 Å². The lowest BCUT2D eigenvalue weighted by molar-refractivity contribution is 0.0570. The molecule has 3 aromatic rings. The molecule has 1 aromatic carbocycles. The van der Waals surface area contributed by atoms with Crippen LogP contribution in [-0.4, -0.2) is 69.4 Å². The van der Waals surface area contributed by atoms with Crippen LogP contribution in [0.2, 0.25) is 0 Å². The zero-order valence-electron chi connectivity index (χ0n) is 16.8. The highest BCUT2D eigenvalue weighted by molar-refractivity contribution is 5.94. The number of carbonyl (C=O) groups is 2. The van der Waals surface area contributed by atoms with Crippen LogP contribution in [0.4, 0.5) is 4.79 Å². The number of piperazine rings is 1. The van der Waals surface area contributed by atoms with Crippen molar-refractivity contribution in [2.24, 2.45) is 0 Å². The predicted molar refractivity (Wildman–Crippen MR) is 111 cm³/mol. The summed E-state index contributed by atoms with van der Waals surface area (Å²) in [5.74, 6) is -0.0856. The predicted octanol–water partition coefficient (Wildman–Crippen LogP) is 2.85. The molecule has 4 rings (SSSR count). The van der Waals surface area contributed by atoms with Crippen molar-refractivity contribution in [3.63, 3.8) is 0 Å². The first-order valence-electron chi connectivity index (χ1n) is 9.93. The van der Waals surface area contributed by atoms with Crippen LogP contribution in [0.3, 0.4) is 0 Å². The van der Waals surface area contributed by atoms with E-state index in [1.165, 1.54) is 0 Å². The molecule has 3 heterocycles. The molecule has 0 atom stereocenters. The number of rotatable bonds is 4. The van der Waals surface area contributed by atoms with Gasteiger partial charge in [-0.2, -0.15) is 5.10 Å². The Morgan fingerprint density at radius 3 is 2.37 bits per heavy atom. The topological polar surface area (TPSA) is 80.6 Å². The fourth-order valence-corrected chi connectivity index (χ4v) is 3.36. The molecule has 0 spiro atoms. The Labute approximate surface area is 174 Å². The average molecular weight is 405 g/mol. The molecule has 8 heteroatoms. The van der Waals surface area contributed by atoms with E-state index in [9.17, 15) is 9.59 Å². The molecule has 0 N–H and O–H groups in total. The van der Waals surface area contributed by atoms with Gasteiger partial charge in [0.2, 0.25) is 0 Å². The highest BCUT2D eigenvalue weighted by Crippen LogP contribution is 2.19. The number of pyridine rings is 1. The first-order chi connectivity index (χ1) is 14.7. The number of carbonyl (C=O) groups excluding carboxylic acids is 2. The van der Waals surface area contributed by atoms with E-state index in [2.05, 4.69) is 10.1 Å². The van der Waals surface area contributed by atoms with Gasteiger partial charge in [0, 0.05) is 44.1 Å². The van der Waals surface area contributed by atoms with Gasteiger partial charge in [0.15, 0.2) is 0 Å². The molecule has 8 nitrogen and oxygen atoms in total. The maximum absolute atomic E-state index is 12.8. The summed E-state index contributed by atoms with van der Waals surface area (Å²) in [7, 11) is 0. The lowest BCUT2D eigenvalue weighted by Gasteiger charge is -2.34. The van der Waals surface area contributed by atoms with E-state index >= 15 is 0 Å². The molecule has 30 heavy (non-hydrogen) atoms. The van der Waals surface area contributed by atoms with Crippen molar-refractivity contribution >= 4 is 12.0 Å². The number of amides is 2. The van der Waals surface area contributed by atoms with Gasteiger partial charge in [-0.1, -0.05) is 18.2 Å². The standard InChI is InChI=1S/C22H23N5O3/c1-2-30-22(29)26-12-10-25(11-13-26)21(28)17-8-9-20(23-14-17)18-15-24-27(16-18)19-6-4-3-5-7-19/h3-9,14-16H,2,10-13H2,1H3. The Balaban J connectivity index is 1.40. The molecular weight excluding hydrogens is 382 g/mol. The normalized spacial score (nSPS) is 13.9. The monoisotopic (exact) mass is 405 g/mol. The summed E-state index contributed by atoms with van der Waals surface area (Å²) in [6, 6.07) is 13.4. The highest BCUT2D eigenvalue weighted by Gasteiger charge is 2.25. The second kappa shape index (κ2) is 8.77. The van der Waals surface area contributed by atoms with Gasteiger partial charge in [0.25, 0.3) is 5.91 Å². The third-order valence-electron chi connectivity index (χ3n) is 5.00. The first kappa shape index (κ1) is 19.6. The Bertz CT molecular complexity index is 1010. The quantitative estimate of drug-likeness (QED) is 0.667. The molecule has 2 aromatic heterocycles. The van der Waals surface area contributed by atoms with Gasteiger partial charge < -0.3 is 14.5 Å². The Morgan fingerprint density at radius 2 is 1.70 bits per heavy atom. The molecule has 154 valence electrons. The summed E-state index contributed by atoms with van der Waals surface area (Å²) < 4.78 is 6.80. The van der Waals surface area contributed by atoms with Crippen LogP contribution in [-0.2, 0) is 4.74 Å². The number of para-hydroxylation sites is 1. The second-order valence-corrected chi connectivity index (χ2v) is 6.92. The van der Waals surface area contributed by atoms with Crippen molar-refractivity contribution in [3.8, 4) is 16.9 Å². The zero-order valence-corrected chi connectivity index (χ0v) is 16.8. The molecule has 1 fully saturated rings. The minimum absolute atomic E-state index is 0.0856. The number of nitrogens with zero attached hydrogens (tertiary/aromatic N) is 5. The Morgan fingerprint density at radius 1 is 0.967 bits per heavy atom. The fraction of sp³-hybridized carbons (Fsp3) is 0.273. The first-order valence-corrected chi connectivity index (χ1v) is 9.93. The Hall–Kier alpha value is -3.68. The Kier molecular flexibility index (Phi) is 5.74. The molecule has 1 saturated heterocycles. The third-order valence-corrected chi connectivity index (χ3v) is 5.00. The number of hydrogen-bond acceptors (Lipinski definition) is 5. The summed E-state index contributed by atoms with van der Waals surface area (Å²) in [6.07, 6.45) is 4.93. The number of ether oxygens (including phenoxy) is 1. The smallest absolute Gasteiger partial charge is 0.409 e. The van der Waals surface area contributed by atoms with Gasteiger partial charge in [-0.25, -0.2) is 9.48 Å². The van der Waals surface area contributed by atoms with Crippen LogP contribution in [0, 0.1) is 0 Å². The fourth-order valence-electron chi connectivity index (χ4n) is 3.36. The van der Waals surface area contributed by atoms with Gasteiger partial charge in [-0.05, 0) is 31.2 Å². The van der Waals surface area contributed by atoms with E-state index < -0.39 is 0 Å². The molecular formula is C22H23N5O3. The molecule has 1 aliphatic rings. The molecule has 1 aliphatic heterocycles. The van der Waals surface area contributed by atoms with E-state index in [4.69, 9.17) is 4.74 Å². The SMILES string of the molecule is CCOC(=O)N1CCN(C(=O)c2ccc(-c3cnn(-c4ccccc4)c3)nc2)CC1. The summed E-state index contributed by atoms with van der Waals surface area (Å²) in [5, 5.41) is 4.39. The van der Waals surface area contributed by atoms with Gasteiger partial charge in [-0.15, -0.1) is 0 Å². The number of aromatic nitrogens is 3. The van der Waals surface area contributed by atoms with Crippen molar-refractivity contribution in [2.75, 3.05) is 32.8 Å². The van der Waals surface area contributed by atoms with Crippen LogP contribution in [0.5, 0.6) is 0 Å². The van der Waals surface area contributed by atoms with Gasteiger partial charge in [0.1, 0.15) is 0 Å². The van der Waals surface area contributed by atoms with E-state index in [1.807, 2.05) is 42.6 Å². The lowest BCUT2D eigenvalue weighted by Crippen LogP contribution is -2.50. The summed E-state index contributed by atoms with van der Waals surface area (Å²) in [6.45, 7) is 4.01. The highest BCUT2D eigenvalue weighted by atomic mass is 16.6. The summed E-state index contributed by atoms with van der Waals surface area (Å²) in [4.78, 5) is 32.4. The van der Waals surface area contributed by atoms with Crippen LogP contribution >= 0.6 is 0 Å². The minimum atomic E-state index is -0.327. The van der Waals surface area contributed by atoms with Crippen molar-refractivity contribution < 1.29 is 14.3 Å². The van der Waals surface area contributed by atoms with Crippen molar-refractivity contribution in [2.45, 2.75) is 6.92 Å². The zero-order chi connectivity index (χ0) is 20.9. The van der Waals surface area contributed by atoms with Gasteiger partial charge >= 0.3 is 6.09 Å². The van der Waals surface area contributed by atoms with E-state index in [-0.39, 0.29) is 12.0 Å². The number of benzene rings is 1. The van der Waals surface area contributed by atoms with Gasteiger partial charge in [-0.3, -0.25) is 9.78 Å². The van der Waals surface area contributed by atoms with Crippen LogP contribution in [0.15, 0.2) is 61.1 Å². The molecule has 2 amide bonds. The van der Waals surface area contributed by atoms with Gasteiger partial charge in [0.05, 0.1) is 29.7 Å². The molecule has 0 radical (unpaired) electrons. The number of hydrogen-bond donors (Lipinski definition) is 0. The third kappa shape index (κ3) is 4.17. The molecule has 0 bridgehead atoms. The van der Waals surface area contributed by atoms with Crippen LogP contribution in [0.1, 0.15) is 17.3 Å². The molecule has 0 unspecified atom stereocenters. The summed E-state index contributed by atoms with van der Waals surface area (Å²) >= 11 is 0. The van der Waals surface area contributed by atoms with Crippen molar-refractivity contribution in [1.29, 1.82) is 0 Å². The average Bonchev–Trinajstić information content (AvgIpc) is 3.30. The maximum Gasteiger partial charge on any atom is 0.409 e. The second-order valence-electron chi connectivity index (χ2n) is 6.92.